The van der Waals surface area contributed by atoms with Crippen LogP contribution >= 0.6 is 7.82 Å². The quantitative estimate of drug-likeness (QED) is 0.0262. The van der Waals surface area contributed by atoms with Gasteiger partial charge in [-0.25, -0.2) is 9.36 Å². The molecule has 63 heavy (non-hydrogen) atoms. The van der Waals surface area contributed by atoms with Crippen molar-refractivity contribution in [2.24, 2.45) is 0 Å². The summed E-state index contributed by atoms with van der Waals surface area (Å²) in [6.07, 6.45) is 48.5. The van der Waals surface area contributed by atoms with Crippen LogP contribution in [0.3, 0.4) is 0 Å². The number of nitrogens with one attached hydrogen (secondary N) is 1. The summed E-state index contributed by atoms with van der Waals surface area (Å²) in [7, 11) is -4.75. The van der Waals surface area contributed by atoms with Crippen LogP contribution in [0.1, 0.15) is 277 Å². The molecule has 0 aromatic carbocycles. The van der Waals surface area contributed by atoms with E-state index in [1.165, 1.54) is 199 Å². The van der Waals surface area contributed by atoms with Crippen molar-refractivity contribution in [2.75, 3.05) is 19.8 Å². The summed E-state index contributed by atoms with van der Waals surface area (Å²) in [5.41, 5.74) is 0. The van der Waals surface area contributed by atoms with Gasteiger partial charge >= 0.3 is 19.8 Å². The second kappa shape index (κ2) is 47.0. The first-order valence-corrected chi connectivity index (χ1v) is 28.1. The molecule has 0 aromatic heterocycles. The van der Waals surface area contributed by atoms with E-state index in [-0.39, 0.29) is 12.8 Å². The number of amides is 1. The summed E-state index contributed by atoms with van der Waals surface area (Å²) >= 11 is 0. The van der Waals surface area contributed by atoms with Crippen molar-refractivity contribution < 1.29 is 47.8 Å². The molecule has 0 aromatic rings. The molecule has 0 fully saturated rings. The van der Waals surface area contributed by atoms with E-state index in [0.717, 1.165) is 38.5 Å². The number of phosphoric acid groups is 1. The Balaban J connectivity index is 3.73. The molecule has 0 aliphatic rings. The molecule has 12 heteroatoms. The highest BCUT2D eigenvalue weighted by Crippen LogP contribution is 2.43. The zero-order valence-electron chi connectivity index (χ0n) is 40.9. The lowest BCUT2D eigenvalue weighted by Crippen LogP contribution is -2.43. The minimum absolute atomic E-state index is 0.153. The van der Waals surface area contributed by atoms with E-state index in [4.69, 9.17) is 13.8 Å². The molecule has 4 N–H and O–H groups in total. The molecule has 0 radical (unpaired) electrons. The summed E-state index contributed by atoms with van der Waals surface area (Å²) in [6, 6.07) is -1.54. The van der Waals surface area contributed by atoms with Gasteiger partial charge in [-0.15, -0.1) is 0 Å². The number of unbranched alkanes of at least 4 members (excludes halogenated alkanes) is 37. The molecule has 1 amide bonds. The number of carbonyl (C=O) groups excluding carboxylic acids is 2. The summed E-state index contributed by atoms with van der Waals surface area (Å²) in [4.78, 5) is 46.1. The number of carbonyl (C=O) groups is 3. The third-order valence-corrected chi connectivity index (χ3v) is 13.1. The Morgan fingerprint density at radius 2 is 0.730 bits per heavy atom. The van der Waals surface area contributed by atoms with Gasteiger partial charge < -0.3 is 25.2 Å². The zero-order valence-corrected chi connectivity index (χ0v) is 41.8. The number of carboxylic acids is 1. The average Bonchev–Trinajstić information content (AvgIpc) is 3.26. The highest BCUT2D eigenvalue weighted by Gasteiger charge is 2.28. The molecule has 0 aliphatic heterocycles. The van der Waals surface area contributed by atoms with Gasteiger partial charge in [-0.2, -0.15) is 0 Å². The Bertz CT molecular complexity index is 1080. The Kier molecular flexibility index (Phi) is 45.9. The molecule has 0 aliphatic carbocycles. The predicted molar refractivity (Wildman–Crippen MR) is 259 cm³/mol. The SMILES string of the molecule is CCCCCCCCCCCCCCCCCCCCCCCCCCC(=O)OCC(O)COP(=O)(O)OCC(NC(=O)CCCCCCCCCCCCCCCCC)C(=O)O. The number of phosphoric ester groups is 1. The maximum atomic E-state index is 12.3. The van der Waals surface area contributed by atoms with Crippen LogP contribution in [0.25, 0.3) is 0 Å². The number of aliphatic hydroxyl groups excluding tert-OH is 1. The van der Waals surface area contributed by atoms with Gasteiger partial charge in [0.05, 0.1) is 13.2 Å². The zero-order chi connectivity index (χ0) is 46.3. The van der Waals surface area contributed by atoms with E-state index >= 15 is 0 Å². The molecule has 0 heterocycles. The van der Waals surface area contributed by atoms with E-state index in [1.54, 1.807) is 0 Å². The van der Waals surface area contributed by atoms with Crippen molar-refractivity contribution in [1.29, 1.82) is 0 Å². The third kappa shape index (κ3) is 46.8. The normalized spacial score (nSPS) is 13.5. The van der Waals surface area contributed by atoms with Crippen molar-refractivity contribution in [3.63, 3.8) is 0 Å². The lowest BCUT2D eigenvalue weighted by atomic mass is 10.0. The summed E-state index contributed by atoms with van der Waals surface area (Å²) in [5, 5.41) is 21.9. The van der Waals surface area contributed by atoms with E-state index in [1.807, 2.05) is 0 Å². The van der Waals surface area contributed by atoms with Gasteiger partial charge in [0.25, 0.3) is 0 Å². The molecule has 0 bridgehead atoms. The number of aliphatic carboxylic acids is 1. The summed E-state index contributed by atoms with van der Waals surface area (Å²) in [6.45, 7) is 2.66. The Labute approximate surface area is 386 Å². The van der Waals surface area contributed by atoms with E-state index in [2.05, 4.69) is 19.2 Å². The largest absolute Gasteiger partial charge is 0.480 e. The maximum Gasteiger partial charge on any atom is 0.472 e. The second-order valence-corrected chi connectivity index (χ2v) is 19.9. The van der Waals surface area contributed by atoms with E-state index < -0.39 is 57.6 Å². The minimum Gasteiger partial charge on any atom is -0.480 e. The van der Waals surface area contributed by atoms with Crippen molar-refractivity contribution >= 4 is 25.7 Å². The molecule has 0 rings (SSSR count). The van der Waals surface area contributed by atoms with Crippen molar-refractivity contribution in [3.8, 4) is 0 Å². The highest BCUT2D eigenvalue weighted by atomic mass is 31.2. The first kappa shape index (κ1) is 61.5. The van der Waals surface area contributed by atoms with Crippen LogP contribution in [-0.4, -0.2) is 64.9 Å². The average molecular weight is 918 g/mol. The standard InChI is InChI=1S/C51H100NO10P/c1-3-5-7-9-11-13-15-17-19-20-21-22-23-24-25-26-27-29-31-33-35-37-39-41-43-50(55)60-44-47(53)45-61-63(58,59)62-46-48(51(56)57)52-49(54)42-40-38-36-34-32-30-28-18-16-14-12-10-8-6-4-2/h47-48,53H,3-46H2,1-2H3,(H,52,54)(H,56,57)(H,58,59). The van der Waals surface area contributed by atoms with Gasteiger partial charge in [0.15, 0.2) is 6.04 Å². The molecule has 3 atom stereocenters. The van der Waals surface area contributed by atoms with Gasteiger partial charge in [0, 0.05) is 12.8 Å². The fourth-order valence-corrected chi connectivity index (χ4v) is 8.80. The van der Waals surface area contributed by atoms with Crippen LogP contribution in [0, 0.1) is 0 Å². The Hall–Kier alpha value is -1.52. The molecular formula is C51H100NO10P. The number of ether oxygens (including phenoxy) is 1. The van der Waals surface area contributed by atoms with E-state index in [0.29, 0.717) is 12.8 Å². The first-order valence-electron chi connectivity index (χ1n) is 26.6. The smallest absolute Gasteiger partial charge is 0.472 e. The van der Waals surface area contributed by atoms with Crippen LogP contribution in [0.4, 0.5) is 0 Å². The molecule has 0 saturated carbocycles. The maximum absolute atomic E-state index is 12.3. The van der Waals surface area contributed by atoms with Crippen molar-refractivity contribution in [3.05, 3.63) is 0 Å². The number of hydrogen-bond acceptors (Lipinski definition) is 8. The topological polar surface area (TPSA) is 169 Å². The molecule has 3 unspecified atom stereocenters. The summed E-state index contributed by atoms with van der Waals surface area (Å²) < 4.78 is 27.0. The number of esters is 1. The van der Waals surface area contributed by atoms with Crippen LogP contribution in [-0.2, 0) is 32.7 Å². The van der Waals surface area contributed by atoms with Crippen molar-refractivity contribution in [2.45, 2.75) is 289 Å². The van der Waals surface area contributed by atoms with Crippen molar-refractivity contribution in [1.82, 2.24) is 5.32 Å². The fourth-order valence-electron chi connectivity index (χ4n) is 8.03. The second-order valence-electron chi connectivity index (χ2n) is 18.4. The number of hydrogen-bond donors (Lipinski definition) is 4. The van der Waals surface area contributed by atoms with Crippen LogP contribution in [0.5, 0.6) is 0 Å². The lowest BCUT2D eigenvalue weighted by Gasteiger charge is -2.18. The van der Waals surface area contributed by atoms with Crippen LogP contribution < -0.4 is 5.32 Å². The molecular weight excluding hydrogens is 818 g/mol. The number of rotatable bonds is 51. The molecule has 0 spiro atoms. The third-order valence-electron chi connectivity index (χ3n) is 12.1. The first-order chi connectivity index (χ1) is 30.6. The number of aliphatic hydroxyl groups is 1. The Morgan fingerprint density at radius 3 is 1.05 bits per heavy atom. The van der Waals surface area contributed by atoms with Gasteiger partial charge in [-0.3, -0.25) is 18.6 Å². The molecule has 11 nitrogen and oxygen atoms in total. The van der Waals surface area contributed by atoms with Crippen LogP contribution in [0.2, 0.25) is 0 Å². The molecule has 374 valence electrons. The fraction of sp³-hybridized carbons (Fsp3) is 0.941. The van der Waals surface area contributed by atoms with Gasteiger partial charge in [0.2, 0.25) is 5.91 Å². The minimum atomic E-state index is -4.75. The highest BCUT2D eigenvalue weighted by molar-refractivity contribution is 7.47. The van der Waals surface area contributed by atoms with Crippen LogP contribution in [0.15, 0.2) is 0 Å². The Morgan fingerprint density at radius 1 is 0.444 bits per heavy atom. The summed E-state index contributed by atoms with van der Waals surface area (Å²) in [5.74, 6) is -2.35. The van der Waals surface area contributed by atoms with Gasteiger partial charge in [0.1, 0.15) is 12.7 Å². The monoisotopic (exact) mass is 918 g/mol. The lowest BCUT2D eigenvalue weighted by molar-refractivity contribution is -0.147. The molecule has 0 saturated heterocycles. The predicted octanol–water partition coefficient (Wildman–Crippen LogP) is 14.6. The van der Waals surface area contributed by atoms with Gasteiger partial charge in [-0.05, 0) is 12.8 Å². The number of carboxylic acid groups (broad SMARTS) is 1. The van der Waals surface area contributed by atoms with E-state index in [9.17, 15) is 34.1 Å². The van der Waals surface area contributed by atoms with Gasteiger partial charge in [-0.1, -0.05) is 251 Å².